The SMILES string of the molecule is C1=CC2CC1CC2CNc1ccccc1N1CCCCC1. The van der Waals surface area contributed by atoms with E-state index in [-0.39, 0.29) is 0 Å². The van der Waals surface area contributed by atoms with Gasteiger partial charge in [-0.25, -0.2) is 0 Å². The van der Waals surface area contributed by atoms with Crippen molar-refractivity contribution in [2.75, 3.05) is 29.9 Å². The van der Waals surface area contributed by atoms with Crippen LogP contribution in [0.1, 0.15) is 32.1 Å². The van der Waals surface area contributed by atoms with Gasteiger partial charge in [0, 0.05) is 19.6 Å². The number of anilines is 2. The Morgan fingerprint density at radius 1 is 1.00 bits per heavy atom. The number of hydrogen-bond acceptors (Lipinski definition) is 2. The highest BCUT2D eigenvalue weighted by Crippen LogP contribution is 2.43. The lowest BCUT2D eigenvalue weighted by Gasteiger charge is -2.31. The van der Waals surface area contributed by atoms with E-state index in [0.29, 0.717) is 0 Å². The third-order valence-electron chi connectivity index (χ3n) is 5.57. The van der Waals surface area contributed by atoms with Crippen molar-refractivity contribution < 1.29 is 0 Å². The summed E-state index contributed by atoms with van der Waals surface area (Å²) in [5.41, 5.74) is 2.75. The van der Waals surface area contributed by atoms with Crippen LogP contribution in [0.3, 0.4) is 0 Å². The lowest BCUT2D eigenvalue weighted by molar-refractivity contribution is 0.472. The summed E-state index contributed by atoms with van der Waals surface area (Å²) in [5.74, 6) is 2.55. The summed E-state index contributed by atoms with van der Waals surface area (Å²) in [7, 11) is 0. The second-order valence-corrected chi connectivity index (χ2v) is 6.99. The van der Waals surface area contributed by atoms with Crippen LogP contribution in [0, 0.1) is 17.8 Å². The normalized spacial score (nSPS) is 30.9. The van der Waals surface area contributed by atoms with Crippen LogP contribution in [0.4, 0.5) is 11.4 Å². The lowest BCUT2D eigenvalue weighted by atomic mass is 9.93. The molecule has 2 nitrogen and oxygen atoms in total. The van der Waals surface area contributed by atoms with E-state index in [0.717, 1.165) is 24.3 Å². The van der Waals surface area contributed by atoms with Gasteiger partial charge >= 0.3 is 0 Å². The Bertz CT molecular complexity index is 516. The maximum Gasteiger partial charge on any atom is 0.0602 e. The molecule has 1 N–H and O–H groups in total. The molecule has 4 rings (SSSR count). The molecular weight excluding hydrogens is 256 g/mol. The van der Waals surface area contributed by atoms with Gasteiger partial charge in [0.05, 0.1) is 11.4 Å². The Kier molecular flexibility index (Phi) is 3.62. The van der Waals surface area contributed by atoms with Crippen molar-refractivity contribution in [2.45, 2.75) is 32.1 Å². The van der Waals surface area contributed by atoms with Crippen molar-refractivity contribution in [3.8, 4) is 0 Å². The summed E-state index contributed by atoms with van der Waals surface area (Å²) in [5, 5.41) is 3.76. The van der Waals surface area contributed by atoms with Crippen molar-refractivity contribution in [3.63, 3.8) is 0 Å². The number of rotatable bonds is 4. The minimum Gasteiger partial charge on any atom is -0.383 e. The molecule has 0 amide bonds. The average Bonchev–Trinajstić information content (AvgIpc) is 3.17. The van der Waals surface area contributed by atoms with Gasteiger partial charge in [0.1, 0.15) is 0 Å². The molecule has 0 radical (unpaired) electrons. The molecule has 112 valence electrons. The number of para-hydroxylation sites is 2. The van der Waals surface area contributed by atoms with Gasteiger partial charge < -0.3 is 10.2 Å². The van der Waals surface area contributed by atoms with E-state index in [4.69, 9.17) is 0 Å². The van der Waals surface area contributed by atoms with Crippen molar-refractivity contribution >= 4 is 11.4 Å². The number of piperidine rings is 1. The van der Waals surface area contributed by atoms with Crippen LogP contribution in [0.25, 0.3) is 0 Å². The predicted molar refractivity (Wildman–Crippen MR) is 89.8 cm³/mol. The number of nitrogens with zero attached hydrogens (tertiary/aromatic N) is 1. The van der Waals surface area contributed by atoms with Crippen molar-refractivity contribution in [1.82, 2.24) is 0 Å². The molecule has 1 aromatic carbocycles. The third kappa shape index (κ3) is 2.68. The van der Waals surface area contributed by atoms with E-state index in [9.17, 15) is 0 Å². The maximum absolute atomic E-state index is 3.76. The van der Waals surface area contributed by atoms with Crippen molar-refractivity contribution in [1.29, 1.82) is 0 Å². The summed E-state index contributed by atoms with van der Waals surface area (Å²) in [4.78, 5) is 2.56. The molecule has 1 heterocycles. The highest BCUT2D eigenvalue weighted by molar-refractivity contribution is 5.70. The third-order valence-corrected chi connectivity index (χ3v) is 5.57. The Morgan fingerprint density at radius 2 is 1.86 bits per heavy atom. The van der Waals surface area contributed by atoms with Crippen LogP contribution in [-0.2, 0) is 0 Å². The molecule has 2 aliphatic carbocycles. The summed E-state index contributed by atoms with van der Waals surface area (Å²) < 4.78 is 0. The summed E-state index contributed by atoms with van der Waals surface area (Å²) in [6.45, 7) is 3.57. The van der Waals surface area contributed by atoms with E-state index in [2.05, 4.69) is 46.6 Å². The minimum atomic E-state index is 0.838. The molecule has 1 aliphatic heterocycles. The topological polar surface area (TPSA) is 15.3 Å². The number of nitrogens with one attached hydrogen (secondary N) is 1. The van der Waals surface area contributed by atoms with E-state index < -0.39 is 0 Å². The van der Waals surface area contributed by atoms with Gasteiger partial charge in [-0.05, 0) is 62.0 Å². The molecule has 3 atom stereocenters. The Labute approximate surface area is 128 Å². The monoisotopic (exact) mass is 282 g/mol. The summed E-state index contributed by atoms with van der Waals surface area (Å²) in [6.07, 6.45) is 11.8. The molecule has 1 aromatic rings. The van der Waals surface area contributed by atoms with Gasteiger partial charge in [-0.3, -0.25) is 0 Å². The fraction of sp³-hybridized carbons (Fsp3) is 0.579. The first kappa shape index (κ1) is 13.2. The smallest absolute Gasteiger partial charge is 0.0602 e. The molecule has 0 spiro atoms. The summed E-state index contributed by atoms with van der Waals surface area (Å²) in [6, 6.07) is 8.88. The zero-order valence-corrected chi connectivity index (χ0v) is 12.8. The van der Waals surface area contributed by atoms with E-state index in [1.54, 1.807) is 0 Å². The number of benzene rings is 1. The first-order valence-electron chi connectivity index (χ1n) is 8.66. The van der Waals surface area contributed by atoms with E-state index in [1.807, 2.05) is 0 Å². The predicted octanol–water partition coefficient (Wildman–Crippen LogP) is 4.30. The molecule has 21 heavy (non-hydrogen) atoms. The number of fused-ring (bicyclic) bond motifs is 2. The second-order valence-electron chi connectivity index (χ2n) is 6.99. The summed E-state index contributed by atoms with van der Waals surface area (Å²) >= 11 is 0. The van der Waals surface area contributed by atoms with Gasteiger partial charge in [0.15, 0.2) is 0 Å². The Balaban J connectivity index is 1.43. The van der Waals surface area contributed by atoms with E-state index in [1.165, 1.54) is 56.6 Å². The van der Waals surface area contributed by atoms with Gasteiger partial charge in [-0.2, -0.15) is 0 Å². The highest BCUT2D eigenvalue weighted by Gasteiger charge is 2.35. The molecule has 2 heteroatoms. The van der Waals surface area contributed by atoms with Crippen LogP contribution in [0.15, 0.2) is 36.4 Å². The first-order chi connectivity index (χ1) is 10.4. The van der Waals surface area contributed by atoms with Crippen LogP contribution >= 0.6 is 0 Å². The molecule has 3 unspecified atom stereocenters. The number of hydrogen-bond donors (Lipinski definition) is 1. The van der Waals surface area contributed by atoms with Crippen molar-refractivity contribution in [2.24, 2.45) is 17.8 Å². The Morgan fingerprint density at radius 3 is 2.62 bits per heavy atom. The van der Waals surface area contributed by atoms with E-state index >= 15 is 0 Å². The molecule has 2 bridgehead atoms. The van der Waals surface area contributed by atoms with Gasteiger partial charge in [0.25, 0.3) is 0 Å². The van der Waals surface area contributed by atoms with Gasteiger partial charge in [-0.15, -0.1) is 0 Å². The molecular formula is C19H26N2. The standard InChI is InChI=1S/C19H26N2/c1-4-10-21(11-5-1)19-7-3-2-6-18(19)20-14-17-13-15-8-9-16(17)12-15/h2-3,6-9,15-17,20H,1,4-5,10-14H2. The lowest BCUT2D eigenvalue weighted by Crippen LogP contribution is -2.30. The molecule has 1 saturated carbocycles. The zero-order valence-electron chi connectivity index (χ0n) is 12.8. The Hall–Kier alpha value is -1.44. The molecule has 1 saturated heterocycles. The zero-order chi connectivity index (χ0) is 14.1. The fourth-order valence-corrected chi connectivity index (χ4v) is 4.40. The van der Waals surface area contributed by atoms with Crippen LogP contribution < -0.4 is 10.2 Å². The quantitative estimate of drug-likeness (QED) is 0.828. The van der Waals surface area contributed by atoms with Crippen LogP contribution in [-0.4, -0.2) is 19.6 Å². The molecule has 2 fully saturated rings. The largest absolute Gasteiger partial charge is 0.383 e. The van der Waals surface area contributed by atoms with Crippen LogP contribution in [0.2, 0.25) is 0 Å². The van der Waals surface area contributed by atoms with Gasteiger partial charge in [-0.1, -0.05) is 24.3 Å². The maximum atomic E-state index is 3.76. The average molecular weight is 282 g/mol. The highest BCUT2D eigenvalue weighted by atomic mass is 15.1. The van der Waals surface area contributed by atoms with Crippen molar-refractivity contribution in [3.05, 3.63) is 36.4 Å². The fourth-order valence-electron chi connectivity index (χ4n) is 4.40. The van der Waals surface area contributed by atoms with Crippen LogP contribution in [0.5, 0.6) is 0 Å². The molecule has 0 aromatic heterocycles. The molecule has 3 aliphatic rings. The first-order valence-corrected chi connectivity index (χ1v) is 8.66. The minimum absolute atomic E-state index is 0.838. The van der Waals surface area contributed by atoms with Gasteiger partial charge in [0.2, 0.25) is 0 Å². The number of allylic oxidation sites excluding steroid dienone is 2. The second kappa shape index (κ2) is 5.75.